The fraction of sp³-hybridized carbons (Fsp3) is 0.500. The molecule has 96 valence electrons. The molecule has 1 aromatic heterocycles. The Balaban J connectivity index is 1.87. The molecule has 0 amide bonds. The Morgan fingerprint density at radius 1 is 1.33 bits per heavy atom. The molecule has 0 atom stereocenters. The average molecular weight is 257 g/mol. The van der Waals surface area contributed by atoms with Crippen molar-refractivity contribution in [1.29, 1.82) is 0 Å². The van der Waals surface area contributed by atoms with Crippen LogP contribution in [-0.2, 0) is 16.4 Å². The third-order valence-corrected chi connectivity index (χ3v) is 4.15. The summed E-state index contributed by atoms with van der Waals surface area (Å²) < 4.78 is 37.6. The molecule has 1 N–H and O–H groups in total. The summed E-state index contributed by atoms with van der Waals surface area (Å²) in [5.41, 5.74) is -1.38. The topological polar surface area (TPSA) is 50.2 Å². The Kier molecular flexibility index (Phi) is 1.95. The van der Waals surface area contributed by atoms with E-state index < -0.39 is 23.3 Å². The highest BCUT2D eigenvalue weighted by Crippen LogP contribution is 2.73. The first kappa shape index (κ1) is 11.5. The van der Waals surface area contributed by atoms with E-state index in [1.54, 1.807) is 6.07 Å². The van der Waals surface area contributed by atoms with Crippen LogP contribution >= 0.6 is 0 Å². The van der Waals surface area contributed by atoms with Gasteiger partial charge in [-0.15, -0.1) is 0 Å². The van der Waals surface area contributed by atoms with Crippen LogP contribution < -0.4 is 0 Å². The van der Waals surface area contributed by atoms with Gasteiger partial charge in [-0.05, 0) is 42.4 Å². The number of carboxylic acids is 1. The lowest BCUT2D eigenvalue weighted by Crippen LogP contribution is -2.67. The van der Waals surface area contributed by atoms with Gasteiger partial charge in [-0.3, -0.25) is 9.78 Å². The molecule has 2 bridgehead atoms. The van der Waals surface area contributed by atoms with E-state index in [-0.39, 0.29) is 5.41 Å². The smallest absolute Gasteiger partial charge is 0.433 e. The molecule has 1 aromatic rings. The normalized spacial score (nSPS) is 33.5. The van der Waals surface area contributed by atoms with E-state index in [0.29, 0.717) is 24.8 Å². The Morgan fingerprint density at radius 3 is 2.44 bits per heavy atom. The van der Waals surface area contributed by atoms with Gasteiger partial charge in [0, 0.05) is 6.20 Å². The van der Waals surface area contributed by atoms with Crippen molar-refractivity contribution in [2.24, 2.45) is 5.41 Å². The maximum Gasteiger partial charge on any atom is 0.433 e. The molecule has 3 nitrogen and oxygen atoms in total. The van der Waals surface area contributed by atoms with Crippen LogP contribution in [0.4, 0.5) is 13.2 Å². The molecule has 0 spiro atoms. The minimum Gasteiger partial charge on any atom is -0.481 e. The number of halogens is 3. The number of carbonyl (C=O) groups is 1. The molecule has 3 aliphatic rings. The number of hydrogen-bond donors (Lipinski definition) is 1. The zero-order chi connectivity index (χ0) is 13.2. The van der Waals surface area contributed by atoms with Gasteiger partial charge in [0.05, 0.1) is 5.41 Å². The molecule has 0 saturated heterocycles. The molecule has 1 heterocycles. The minimum atomic E-state index is -4.45. The van der Waals surface area contributed by atoms with Gasteiger partial charge in [-0.2, -0.15) is 13.2 Å². The maximum absolute atomic E-state index is 12.5. The van der Waals surface area contributed by atoms with Crippen LogP contribution in [0.5, 0.6) is 0 Å². The summed E-state index contributed by atoms with van der Waals surface area (Å²) in [6.45, 7) is 0. The van der Waals surface area contributed by atoms with Crippen LogP contribution in [0.15, 0.2) is 18.3 Å². The van der Waals surface area contributed by atoms with Crippen LogP contribution in [0.3, 0.4) is 0 Å². The summed E-state index contributed by atoms with van der Waals surface area (Å²) in [5.74, 6) is -0.838. The summed E-state index contributed by atoms with van der Waals surface area (Å²) in [7, 11) is 0. The third kappa shape index (κ3) is 1.31. The number of nitrogens with zero attached hydrogens (tertiary/aromatic N) is 1. The van der Waals surface area contributed by atoms with Gasteiger partial charge >= 0.3 is 12.1 Å². The first-order valence-corrected chi connectivity index (χ1v) is 5.55. The van der Waals surface area contributed by atoms with Gasteiger partial charge in [0.15, 0.2) is 0 Å². The highest BCUT2D eigenvalue weighted by Gasteiger charge is 2.72. The number of rotatable bonds is 2. The second kappa shape index (κ2) is 3.05. The van der Waals surface area contributed by atoms with Crippen molar-refractivity contribution >= 4 is 5.97 Å². The summed E-state index contributed by atoms with van der Waals surface area (Å²) in [6, 6.07) is 2.60. The van der Waals surface area contributed by atoms with Crippen LogP contribution in [0.1, 0.15) is 30.5 Å². The van der Waals surface area contributed by atoms with Crippen molar-refractivity contribution in [3.8, 4) is 0 Å². The molecule has 3 saturated carbocycles. The largest absolute Gasteiger partial charge is 0.481 e. The molecule has 3 aliphatic carbocycles. The number of hydrogen-bond acceptors (Lipinski definition) is 2. The Morgan fingerprint density at radius 2 is 1.94 bits per heavy atom. The van der Waals surface area contributed by atoms with Gasteiger partial charge in [0.2, 0.25) is 0 Å². The van der Waals surface area contributed by atoms with E-state index in [2.05, 4.69) is 4.98 Å². The standard InChI is InChI=1S/C12H10F3NO2/c13-12(14,15)8-3-7(1-2-16-8)10-4-11(5-10,6-10)9(17)18/h1-3H,4-6H2,(H,17,18). The van der Waals surface area contributed by atoms with Crippen molar-refractivity contribution in [3.63, 3.8) is 0 Å². The molecular weight excluding hydrogens is 247 g/mol. The molecule has 18 heavy (non-hydrogen) atoms. The summed E-state index contributed by atoms with van der Waals surface area (Å²) >= 11 is 0. The number of aromatic nitrogens is 1. The number of carboxylic acid groups (broad SMARTS) is 1. The number of alkyl halides is 3. The number of pyridine rings is 1. The van der Waals surface area contributed by atoms with E-state index in [9.17, 15) is 18.0 Å². The van der Waals surface area contributed by atoms with Gasteiger partial charge < -0.3 is 5.11 Å². The highest BCUT2D eigenvalue weighted by atomic mass is 19.4. The second-order valence-corrected chi connectivity index (χ2v) is 5.32. The third-order valence-electron chi connectivity index (χ3n) is 4.15. The summed E-state index contributed by atoms with van der Waals surface area (Å²) in [5, 5.41) is 8.98. The quantitative estimate of drug-likeness (QED) is 0.886. The van der Waals surface area contributed by atoms with Crippen LogP contribution in [0.25, 0.3) is 0 Å². The SMILES string of the molecule is O=C(O)C12CC(c3ccnc(C(F)(F)F)c3)(C1)C2. The van der Waals surface area contributed by atoms with E-state index in [0.717, 1.165) is 12.3 Å². The van der Waals surface area contributed by atoms with Gasteiger partial charge in [-0.1, -0.05) is 0 Å². The summed E-state index contributed by atoms with van der Waals surface area (Å²) in [6.07, 6.45) is -1.99. The monoisotopic (exact) mass is 257 g/mol. The Bertz CT molecular complexity index is 519. The molecule has 0 radical (unpaired) electrons. The Labute approximate surface area is 101 Å². The van der Waals surface area contributed by atoms with E-state index >= 15 is 0 Å². The zero-order valence-electron chi connectivity index (χ0n) is 9.29. The lowest BCUT2D eigenvalue weighted by atomic mass is 9.33. The van der Waals surface area contributed by atoms with E-state index in [1.165, 1.54) is 0 Å². The molecule has 0 aliphatic heterocycles. The van der Waals surface area contributed by atoms with Gasteiger partial charge in [0.1, 0.15) is 5.69 Å². The lowest BCUT2D eigenvalue weighted by Gasteiger charge is -2.68. The molecule has 3 fully saturated rings. The van der Waals surface area contributed by atoms with Crippen LogP contribution in [-0.4, -0.2) is 16.1 Å². The fourth-order valence-electron chi connectivity index (χ4n) is 3.24. The van der Waals surface area contributed by atoms with Gasteiger partial charge in [0.25, 0.3) is 0 Å². The van der Waals surface area contributed by atoms with Crippen molar-refractivity contribution in [1.82, 2.24) is 4.98 Å². The predicted octanol–water partition coefficient (Wildman–Crippen LogP) is 2.61. The molecule has 6 heteroatoms. The van der Waals surface area contributed by atoms with Crippen molar-refractivity contribution < 1.29 is 23.1 Å². The highest BCUT2D eigenvalue weighted by molar-refractivity contribution is 5.80. The fourth-order valence-corrected chi connectivity index (χ4v) is 3.24. The predicted molar refractivity (Wildman–Crippen MR) is 54.8 cm³/mol. The van der Waals surface area contributed by atoms with Crippen molar-refractivity contribution in [2.45, 2.75) is 30.9 Å². The molecule has 0 unspecified atom stereocenters. The first-order chi connectivity index (χ1) is 8.28. The number of aliphatic carboxylic acids is 1. The Hall–Kier alpha value is -1.59. The lowest BCUT2D eigenvalue weighted by molar-refractivity contribution is -0.194. The average Bonchev–Trinajstić information content (AvgIpc) is 2.11. The maximum atomic E-state index is 12.5. The van der Waals surface area contributed by atoms with Crippen molar-refractivity contribution in [2.75, 3.05) is 0 Å². The molecular formula is C12H10F3NO2. The zero-order valence-corrected chi connectivity index (χ0v) is 9.29. The van der Waals surface area contributed by atoms with Crippen molar-refractivity contribution in [3.05, 3.63) is 29.6 Å². The van der Waals surface area contributed by atoms with E-state index in [4.69, 9.17) is 5.11 Å². The first-order valence-electron chi connectivity index (χ1n) is 5.55. The minimum absolute atomic E-state index is 0.360. The van der Waals surface area contributed by atoms with Gasteiger partial charge in [-0.25, -0.2) is 0 Å². The van der Waals surface area contributed by atoms with E-state index in [1.807, 2.05) is 0 Å². The summed E-state index contributed by atoms with van der Waals surface area (Å²) in [4.78, 5) is 14.3. The second-order valence-electron chi connectivity index (χ2n) is 5.32. The molecule has 0 aromatic carbocycles. The molecule has 4 rings (SSSR count). The van der Waals surface area contributed by atoms with Crippen LogP contribution in [0.2, 0.25) is 0 Å². The van der Waals surface area contributed by atoms with Crippen LogP contribution in [0, 0.1) is 5.41 Å².